The van der Waals surface area contributed by atoms with Crippen molar-refractivity contribution in [3.05, 3.63) is 41.2 Å². The number of carbonyl (C=O) groups excluding carboxylic acids is 2. The summed E-state index contributed by atoms with van der Waals surface area (Å²) < 4.78 is 10.4. The van der Waals surface area contributed by atoms with Crippen molar-refractivity contribution in [3.8, 4) is 5.75 Å². The van der Waals surface area contributed by atoms with Gasteiger partial charge in [0.25, 0.3) is 5.91 Å². The normalized spacial score (nSPS) is 16.1. The highest BCUT2D eigenvalue weighted by atomic mass is 16.5. The van der Waals surface area contributed by atoms with Gasteiger partial charge in [0, 0.05) is 26.2 Å². The molecule has 0 saturated carbocycles. The molecule has 2 heterocycles. The van der Waals surface area contributed by atoms with E-state index in [1.54, 1.807) is 26.0 Å². The second kappa shape index (κ2) is 8.60. The van der Waals surface area contributed by atoms with Gasteiger partial charge in [-0.2, -0.15) is 15.4 Å². The Bertz CT molecular complexity index is 875. The van der Waals surface area contributed by atoms with Gasteiger partial charge in [-0.3, -0.25) is 9.59 Å². The third-order valence-electron chi connectivity index (χ3n) is 5.15. The van der Waals surface area contributed by atoms with Gasteiger partial charge in [0.1, 0.15) is 5.75 Å². The van der Waals surface area contributed by atoms with Gasteiger partial charge in [-0.15, -0.1) is 0 Å². The third kappa shape index (κ3) is 4.40. The van der Waals surface area contributed by atoms with Crippen molar-refractivity contribution in [2.24, 2.45) is 5.41 Å². The lowest BCUT2D eigenvalue weighted by molar-refractivity contribution is -0.140. The first-order valence-corrected chi connectivity index (χ1v) is 9.48. The van der Waals surface area contributed by atoms with Crippen molar-refractivity contribution < 1.29 is 19.1 Å². The van der Waals surface area contributed by atoms with Crippen molar-refractivity contribution in [1.29, 1.82) is 0 Å². The fourth-order valence-electron chi connectivity index (χ4n) is 3.64. The van der Waals surface area contributed by atoms with Crippen molar-refractivity contribution in [3.63, 3.8) is 0 Å². The van der Waals surface area contributed by atoms with E-state index in [0.29, 0.717) is 31.8 Å². The summed E-state index contributed by atoms with van der Waals surface area (Å²) in [4.78, 5) is 27.5. The van der Waals surface area contributed by atoms with Gasteiger partial charge in [-0.05, 0) is 38.0 Å². The average Bonchev–Trinajstić information content (AvgIpc) is 3.10. The lowest BCUT2D eigenvalue weighted by Crippen LogP contribution is -2.66. The molecule has 29 heavy (non-hydrogen) atoms. The monoisotopic (exact) mass is 401 g/mol. The number of methoxy groups -OCH3 is 2. The molecule has 1 saturated heterocycles. The van der Waals surface area contributed by atoms with Crippen LogP contribution in [-0.4, -0.2) is 72.1 Å². The first-order valence-electron chi connectivity index (χ1n) is 9.48. The Balaban J connectivity index is 1.79. The van der Waals surface area contributed by atoms with Crippen LogP contribution in [0, 0.1) is 12.3 Å². The Hall–Kier alpha value is -2.94. The van der Waals surface area contributed by atoms with Crippen molar-refractivity contribution in [2.45, 2.75) is 26.3 Å². The molecule has 2 amide bonds. The first-order chi connectivity index (χ1) is 13.9. The zero-order valence-corrected chi connectivity index (χ0v) is 17.2. The SMILES string of the molecule is COC[C@H](C)NC(=O)C1(Cc2cccc(OC)c2)CN(C(=O)c2n[nH]nc2C)C1. The van der Waals surface area contributed by atoms with Gasteiger partial charge >= 0.3 is 0 Å². The van der Waals surface area contributed by atoms with Crippen molar-refractivity contribution in [2.75, 3.05) is 33.9 Å². The molecule has 1 fully saturated rings. The van der Waals surface area contributed by atoms with E-state index in [0.717, 1.165) is 11.3 Å². The maximum Gasteiger partial charge on any atom is 0.276 e. The number of carbonyl (C=O) groups is 2. The summed E-state index contributed by atoms with van der Waals surface area (Å²) in [6, 6.07) is 7.51. The number of hydrogen-bond donors (Lipinski definition) is 2. The predicted molar refractivity (Wildman–Crippen MR) is 106 cm³/mol. The molecule has 0 unspecified atom stereocenters. The van der Waals surface area contributed by atoms with E-state index in [1.807, 2.05) is 31.2 Å². The maximum atomic E-state index is 13.1. The van der Waals surface area contributed by atoms with Gasteiger partial charge in [0.2, 0.25) is 5.91 Å². The molecule has 0 bridgehead atoms. The number of H-pyrrole nitrogens is 1. The van der Waals surface area contributed by atoms with Gasteiger partial charge in [0.15, 0.2) is 5.69 Å². The summed E-state index contributed by atoms with van der Waals surface area (Å²) in [6.07, 6.45) is 0.497. The van der Waals surface area contributed by atoms with Crippen LogP contribution in [0.1, 0.15) is 28.7 Å². The van der Waals surface area contributed by atoms with Crippen LogP contribution in [0.5, 0.6) is 5.75 Å². The minimum absolute atomic E-state index is 0.0919. The topological polar surface area (TPSA) is 109 Å². The molecule has 3 rings (SSSR count). The summed E-state index contributed by atoms with van der Waals surface area (Å²) in [5.41, 5.74) is 1.08. The fourth-order valence-corrected chi connectivity index (χ4v) is 3.64. The molecule has 2 aromatic rings. The van der Waals surface area contributed by atoms with Gasteiger partial charge in [0.05, 0.1) is 24.8 Å². The van der Waals surface area contributed by atoms with Crippen LogP contribution >= 0.6 is 0 Å². The van der Waals surface area contributed by atoms with Crippen LogP contribution in [0.4, 0.5) is 0 Å². The molecule has 2 N–H and O–H groups in total. The Kier molecular flexibility index (Phi) is 6.17. The van der Waals surface area contributed by atoms with Crippen LogP contribution in [0.25, 0.3) is 0 Å². The summed E-state index contributed by atoms with van der Waals surface area (Å²) >= 11 is 0. The Labute approximate surface area is 169 Å². The van der Waals surface area contributed by atoms with E-state index in [9.17, 15) is 9.59 Å². The Morgan fingerprint density at radius 1 is 1.31 bits per heavy atom. The number of amides is 2. The molecule has 1 atom stereocenters. The van der Waals surface area contributed by atoms with E-state index in [-0.39, 0.29) is 23.6 Å². The second-order valence-corrected chi connectivity index (χ2v) is 7.56. The zero-order chi connectivity index (χ0) is 21.0. The smallest absolute Gasteiger partial charge is 0.276 e. The van der Waals surface area contributed by atoms with Crippen molar-refractivity contribution >= 4 is 11.8 Å². The highest BCUT2D eigenvalue weighted by molar-refractivity contribution is 5.96. The second-order valence-electron chi connectivity index (χ2n) is 7.56. The largest absolute Gasteiger partial charge is 0.497 e. The van der Waals surface area contributed by atoms with E-state index >= 15 is 0 Å². The number of nitrogens with one attached hydrogen (secondary N) is 2. The summed E-state index contributed by atoms with van der Waals surface area (Å²) in [5.74, 6) is 0.414. The number of aryl methyl sites for hydroxylation is 1. The van der Waals surface area contributed by atoms with Crippen LogP contribution < -0.4 is 10.1 Å². The molecule has 0 radical (unpaired) electrons. The number of aromatic amines is 1. The standard InChI is InChI=1S/C20H27N5O4/c1-13(10-28-3)21-19(27)20(9-15-6-5-7-16(8-15)29-4)11-25(12-20)18(26)17-14(2)22-24-23-17/h5-8,13H,9-12H2,1-4H3,(H,21,27)(H,22,23,24)/t13-/m0/s1. The van der Waals surface area contributed by atoms with Crippen molar-refractivity contribution in [1.82, 2.24) is 25.6 Å². The molecule has 1 aromatic heterocycles. The third-order valence-corrected chi connectivity index (χ3v) is 5.15. The molecule has 156 valence electrons. The van der Waals surface area contributed by atoms with E-state index < -0.39 is 5.41 Å². The minimum atomic E-state index is -0.721. The lowest BCUT2D eigenvalue weighted by Gasteiger charge is -2.49. The molecule has 9 heteroatoms. The number of nitrogens with zero attached hydrogens (tertiary/aromatic N) is 3. The Morgan fingerprint density at radius 2 is 2.07 bits per heavy atom. The molecular weight excluding hydrogens is 374 g/mol. The number of ether oxygens (including phenoxy) is 2. The molecule has 1 aliphatic rings. The van der Waals surface area contributed by atoms with Gasteiger partial charge in [-0.1, -0.05) is 12.1 Å². The Morgan fingerprint density at radius 3 is 2.69 bits per heavy atom. The summed E-state index contributed by atoms with van der Waals surface area (Å²) in [5, 5.41) is 13.3. The molecule has 1 aromatic carbocycles. The summed E-state index contributed by atoms with van der Waals surface area (Å²) in [7, 11) is 3.21. The maximum absolute atomic E-state index is 13.1. The van der Waals surface area contributed by atoms with Crippen LogP contribution in [0.2, 0.25) is 0 Å². The predicted octanol–water partition coefficient (Wildman–Crippen LogP) is 0.958. The molecule has 9 nitrogen and oxygen atoms in total. The number of hydrogen-bond acceptors (Lipinski definition) is 6. The first kappa shape index (κ1) is 20.8. The fraction of sp³-hybridized carbons (Fsp3) is 0.500. The number of benzene rings is 1. The minimum Gasteiger partial charge on any atom is -0.497 e. The molecule has 0 spiro atoms. The molecule has 1 aliphatic heterocycles. The lowest BCUT2D eigenvalue weighted by atomic mass is 9.73. The van der Waals surface area contributed by atoms with Crippen LogP contribution in [-0.2, 0) is 16.0 Å². The van der Waals surface area contributed by atoms with E-state index in [1.165, 1.54) is 0 Å². The summed E-state index contributed by atoms with van der Waals surface area (Å²) in [6.45, 7) is 4.64. The number of aromatic nitrogens is 3. The van der Waals surface area contributed by atoms with E-state index in [4.69, 9.17) is 9.47 Å². The van der Waals surface area contributed by atoms with Gasteiger partial charge < -0.3 is 19.7 Å². The molecule has 0 aliphatic carbocycles. The quantitative estimate of drug-likeness (QED) is 0.682. The van der Waals surface area contributed by atoms with Crippen LogP contribution in [0.3, 0.4) is 0 Å². The highest BCUT2D eigenvalue weighted by Gasteiger charge is 2.51. The highest BCUT2D eigenvalue weighted by Crippen LogP contribution is 2.36. The number of likely N-dealkylation sites (tertiary alicyclic amines) is 1. The average molecular weight is 401 g/mol. The van der Waals surface area contributed by atoms with E-state index in [2.05, 4.69) is 20.7 Å². The van der Waals surface area contributed by atoms with Crippen LogP contribution in [0.15, 0.2) is 24.3 Å². The van der Waals surface area contributed by atoms with Gasteiger partial charge in [-0.25, -0.2) is 0 Å². The molecular formula is C20H27N5O4. The zero-order valence-electron chi connectivity index (χ0n) is 17.2. The number of rotatable bonds is 8.